The van der Waals surface area contributed by atoms with Crippen LogP contribution in [0.1, 0.15) is 37.3 Å². The minimum atomic E-state index is -4.55. The van der Waals surface area contributed by atoms with Crippen molar-refractivity contribution in [2.75, 3.05) is 0 Å². The van der Waals surface area contributed by atoms with Gasteiger partial charge in [0.2, 0.25) is 0 Å². The van der Waals surface area contributed by atoms with E-state index in [4.69, 9.17) is 11.6 Å². The minimum Gasteiger partial charge on any atom is -0.429 e. The van der Waals surface area contributed by atoms with Crippen LogP contribution in [0.2, 0.25) is 5.02 Å². The summed E-state index contributed by atoms with van der Waals surface area (Å²) in [6.45, 7) is 2.14. The fourth-order valence-corrected chi connectivity index (χ4v) is 5.15. The predicted octanol–water partition coefficient (Wildman–Crippen LogP) is 11.9. The minimum absolute atomic E-state index is 0.100. The summed E-state index contributed by atoms with van der Waals surface area (Å²) in [6, 6.07) is 19.4. The van der Waals surface area contributed by atoms with E-state index in [1.807, 2.05) is 24.3 Å². The normalized spacial score (nSPS) is 11.6. The molecule has 232 valence electrons. The Morgan fingerprint density at radius 3 is 1.73 bits per heavy atom. The molecule has 0 spiro atoms. The van der Waals surface area contributed by atoms with E-state index in [9.17, 15) is 22.0 Å². The van der Waals surface area contributed by atoms with Gasteiger partial charge in [-0.2, -0.15) is 8.78 Å². The molecule has 5 aromatic carbocycles. The number of alkyl halides is 2. The van der Waals surface area contributed by atoms with Crippen LogP contribution in [0, 0.1) is 29.1 Å². The molecule has 45 heavy (non-hydrogen) atoms. The van der Waals surface area contributed by atoms with E-state index >= 15 is 8.78 Å². The van der Waals surface area contributed by atoms with Gasteiger partial charge in [-0.25, -0.2) is 22.0 Å². The molecule has 5 rings (SSSR count). The Hall–Kier alpha value is -4.30. The van der Waals surface area contributed by atoms with Crippen molar-refractivity contribution < 1.29 is 35.5 Å². The van der Waals surface area contributed by atoms with E-state index in [1.165, 1.54) is 29.8 Å². The van der Waals surface area contributed by atoms with Crippen LogP contribution < -0.4 is 4.74 Å². The average molecular weight is 643 g/mol. The van der Waals surface area contributed by atoms with Crippen molar-refractivity contribution in [3.63, 3.8) is 0 Å². The quantitative estimate of drug-likeness (QED) is 0.109. The fourth-order valence-electron chi connectivity index (χ4n) is 5.03. The molecule has 0 heterocycles. The maximum absolute atomic E-state index is 15.2. The third-order valence-corrected chi connectivity index (χ3v) is 7.69. The first-order valence-electron chi connectivity index (χ1n) is 14.2. The average Bonchev–Trinajstić information content (AvgIpc) is 2.98. The van der Waals surface area contributed by atoms with Crippen LogP contribution >= 0.6 is 11.6 Å². The van der Waals surface area contributed by atoms with Crippen LogP contribution in [0.5, 0.6) is 5.75 Å². The largest absolute Gasteiger partial charge is 0.432 e. The lowest BCUT2D eigenvalue weighted by Gasteiger charge is -2.20. The molecule has 0 atom stereocenters. The molecule has 0 aliphatic heterocycles. The number of halogens is 8. The van der Waals surface area contributed by atoms with Crippen LogP contribution in [-0.4, -0.2) is 0 Å². The van der Waals surface area contributed by atoms with E-state index in [0.717, 1.165) is 49.4 Å². The highest BCUT2D eigenvalue weighted by atomic mass is 35.5. The molecular formula is C36H26ClF7O. The Morgan fingerprint density at radius 1 is 0.578 bits per heavy atom. The van der Waals surface area contributed by atoms with Gasteiger partial charge < -0.3 is 4.74 Å². The van der Waals surface area contributed by atoms with Gasteiger partial charge in [0.25, 0.3) is 0 Å². The van der Waals surface area contributed by atoms with Gasteiger partial charge >= 0.3 is 6.11 Å². The molecule has 1 nitrogen and oxygen atoms in total. The van der Waals surface area contributed by atoms with E-state index in [-0.39, 0.29) is 27.3 Å². The molecule has 0 aromatic heterocycles. The highest BCUT2D eigenvalue weighted by Crippen LogP contribution is 2.39. The van der Waals surface area contributed by atoms with E-state index in [1.54, 1.807) is 6.07 Å². The summed E-state index contributed by atoms with van der Waals surface area (Å²) in [6.07, 6.45) is -0.186. The molecule has 0 aliphatic carbocycles. The zero-order valence-corrected chi connectivity index (χ0v) is 24.7. The molecular weight excluding hydrogens is 617 g/mol. The third kappa shape index (κ3) is 7.17. The highest BCUT2D eigenvalue weighted by molar-refractivity contribution is 6.30. The van der Waals surface area contributed by atoms with E-state index in [2.05, 4.69) is 11.7 Å². The number of hydrogen-bond acceptors (Lipinski definition) is 1. The van der Waals surface area contributed by atoms with Gasteiger partial charge in [-0.05, 0) is 77.1 Å². The molecule has 0 saturated heterocycles. The fraction of sp³-hybridized carbons (Fsp3) is 0.167. The van der Waals surface area contributed by atoms with E-state index in [0.29, 0.717) is 23.8 Å². The van der Waals surface area contributed by atoms with Crippen LogP contribution in [0.15, 0.2) is 91.0 Å². The molecule has 0 radical (unpaired) electrons. The Morgan fingerprint density at radius 2 is 1.13 bits per heavy atom. The van der Waals surface area contributed by atoms with Gasteiger partial charge in [-0.1, -0.05) is 79.9 Å². The van der Waals surface area contributed by atoms with Crippen molar-refractivity contribution in [3.8, 4) is 39.1 Å². The van der Waals surface area contributed by atoms with Crippen LogP contribution in [0.3, 0.4) is 0 Å². The Bertz CT molecular complexity index is 1810. The number of hydrogen-bond donors (Lipinski definition) is 0. The molecule has 5 aromatic rings. The molecule has 0 amide bonds. The lowest BCUT2D eigenvalue weighted by atomic mass is 9.96. The van der Waals surface area contributed by atoms with Gasteiger partial charge in [-0.3, -0.25) is 0 Å². The van der Waals surface area contributed by atoms with Crippen molar-refractivity contribution in [1.29, 1.82) is 0 Å². The molecule has 0 unspecified atom stereocenters. The van der Waals surface area contributed by atoms with Gasteiger partial charge in [0, 0.05) is 17.2 Å². The first-order chi connectivity index (χ1) is 21.5. The zero-order chi connectivity index (χ0) is 32.3. The standard InChI is InChI=1S/C36H26ClF7O/c1-2-3-4-5-21-6-8-22(9-7-21)23-10-13-27(30(38)16-23)24-11-14-28(31(39)17-24)25-18-33(41)35(34(42)19-25)36(43,44)45-26-12-15-29(37)32(40)20-26/h6-20H,2-5H2,1H3. The molecule has 0 fully saturated rings. The second kappa shape index (κ2) is 13.4. The van der Waals surface area contributed by atoms with Crippen molar-refractivity contribution in [1.82, 2.24) is 0 Å². The zero-order valence-electron chi connectivity index (χ0n) is 23.9. The summed E-state index contributed by atoms with van der Waals surface area (Å²) in [4.78, 5) is 0. The smallest absolute Gasteiger partial charge is 0.429 e. The summed E-state index contributed by atoms with van der Waals surface area (Å²) in [7, 11) is 0. The lowest BCUT2D eigenvalue weighted by Crippen LogP contribution is -2.25. The SMILES string of the molecule is CCCCCc1ccc(-c2ccc(-c3ccc(-c4cc(F)c(C(F)(F)Oc5ccc(Cl)c(F)c5)c(F)c4)c(F)c3)c(F)c2)cc1. The topological polar surface area (TPSA) is 9.23 Å². The third-order valence-electron chi connectivity index (χ3n) is 7.39. The second-order valence-corrected chi connectivity index (χ2v) is 11.0. The predicted molar refractivity (Wildman–Crippen MR) is 162 cm³/mol. The second-order valence-electron chi connectivity index (χ2n) is 10.6. The molecule has 0 saturated carbocycles. The highest BCUT2D eigenvalue weighted by Gasteiger charge is 2.41. The number of ether oxygens (including phenoxy) is 1. The summed E-state index contributed by atoms with van der Waals surface area (Å²) in [5.41, 5.74) is 0.510. The first kappa shape index (κ1) is 32.1. The van der Waals surface area contributed by atoms with Gasteiger partial charge in [0.05, 0.1) is 5.02 Å². The van der Waals surface area contributed by atoms with Gasteiger partial charge in [0.1, 0.15) is 40.4 Å². The Kier molecular flexibility index (Phi) is 9.53. The van der Waals surface area contributed by atoms with Crippen molar-refractivity contribution in [2.45, 2.75) is 38.7 Å². The Labute approximate surface area is 260 Å². The molecule has 0 aliphatic rings. The van der Waals surface area contributed by atoms with Gasteiger partial charge in [0.15, 0.2) is 0 Å². The monoisotopic (exact) mass is 642 g/mol. The summed E-state index contributed by atoms with van der Waals surface area (Å²) in [5.74, 6) is -6.79. The van der Waals surface area contributed by atoms with Crippen molar-refractivity contribution >= 4 is 11.6 Å². The van der Waals surface area contributed by atoms with Crippen LogP contribution in [-0.2, 0) is 12.5 Å². The van der Waals surface area contributed by atoms with E-state index < -0.39 is 46.5 Å². The number of aryl methyl sites for hydroxylation is 1. The number of rotatable bonds is 10. The van der Waals surface area contributed by atoms with Gasteiger partial charge in [-0.15, -0.1) is 0 Å². The molecule has 0 N–H and O–H groups in total. The van der Waals surface area contributed by atoms with Crippen LogP contribution in [0.25, 0.3) is 33.4 Å². The maximum Gasteiger partial charge on any atom is 0.432 e. The number of unbranched alkanes of at least 4 members (excludes halogenated alkanes) is 2. The lowest BCUT2D eigenvalue weighted by molar-refractivity contribution is -0.189. The van der Waals surface area contributed by atoms with Crippen molar-refractivity contribution in [2.24, 2.45) is 0 Å². The summed E-state index contributed by atoms with van der Waals surface area (Å²) < 4.78 is 108. The van der Waals surface area contributed by atoms with Crippen molar-refractivity contribution in [3.05, 3.63) is 136 Å². The molecule has 9 heteroatoms. The number of benzene rings is 5. The first-order valence-corrected chi connectivity index (χ1v) is 14.5. The maximum atomic E-state index is 15.2. The molecule has 0 bridgehead atoms. The summed E-state index contributed by atoms with van der Waals surface area (Å²) >= 11 is 5.52. The Balaban J connectivity index is 1.37. The summed E-state index contributed by atoms with van der Waals surface area (Å²) in [5, 5.41) is -0.362. The van der Waals surface area contributed by atoms with Crippen LogP contribution in [0.4, 0.5) is 30.7 Å².